The van der Waals surface area contributed by atoms with Gasteiger partial charge in [-0.2, -0.15) is 0 Å². The predicted octanol–water partition coefficient (Wildman–Crippen LogP) is 3.27. The zero-order valence-electron chi connectivity index (χ0n) is 17.3. The van der Waals surface area contributed by atoms with Gasteiger partial charge < -0.3 is 20.1 Å². The second-order valence-electron chi connectivity index (χ2n) is 9.23. The third-order valence-electron chi connectivity index (χ3n) is 3.45. The maximum atomic E-state index is 12.0. The summed E-state index contributed by atoms with van der Waals surface area (Å²) in [5, 5.41) is 6.47. The van der Waals surface area contributed by atoms with E-state index < -0.39 is 0 Å². The van der Waals surface area contributed by atoms with Crippen LogP contribution in [-0.4, -0.2) is 48.4 Å². The molecule has 0 radical (unpaired) electrons. The van der Waals surface area contributed by atoms with Crippen molar-refractivity contribution in [2.24, 2.45) is 0 Å². The van der Waals surface area contributed by atoms with Crippen molar-refractivity contribution >= 4 is 5.91 Å². The zero-order chi connectivity index (χ0) is 19.0. The first-order valence-electron chi connectivity index (χ1n) is 9.02. The fourth-order valence-corrected chi connectivity index (χ4v) is 2.01. The Bertz CT molecular complexity index is 368. The molecule has 24 heavy (non-hydrogen) atoms. The highest BCUT2D eigenvalue weighted by Gasteiger charge is 2.22. The van der Waals surface area contributed by atoms with Crippen LogP contribution in [0, 0.1) is 0 Å². The molecule has 1 amide bonds. The lowest BCUT2D eigenvalue weighted by Gasteiger charge is -2.28. The Morgan fingerprint density at radius 3 is 2.12 bits per heavy atom. The minimum atomic E-state index is -0.304. The van der Waals surface area contributed by atoms with Gasteiger partial charge in [-0.15, -0.1) is 0 Å². The summed E-state index contributed by atoms with van der Waals surface area (Å²) >= 11 is 0. The molecule has 1 atom stereocenters. The molecule has 0 aliphatic rings. The topological polar surface area (TPSA) is 59.6 Å². The smallest absolute Gasteiger partial charge is 0.246 e. The Hall–Kier alpha value is -0.650. The van der Waals surface area contributed by atoms with E-state index in [1.54, 1.807) is 0 Å². The standard InChI is InChI=1S/C19H40N2O3/c1-15(10-12-20-17(2,3)4)23-13-11-19(8,9)21-16(22)14-24-18(5,6)7/h15,20H,10-14H2,1-9H3,(H,21,22). The fraction of sp³-hybridized carbons (Fsp3) is 0.947. The highest BCUT2D eigenvalue weighted by molar-refractivity contribution is 5.78. The van der Waals surface area contributed by atoms with E-state index in [0.29, 0.717) is 6.61 Å². The number of amides is 1. The highest BCUT2D eigenvalue weighted by Crippen LogP contribution is 2.11. The molecule has 0 aliphatic heterocycles. The summed E-state index contributed by atoms with van der Waals surface area (Å²) in [6, 6.07) is 0. The van der Waals surface area contributed by atoms with Gasteiger partial charge in [-0.3, -0.25) is 4.79 Å². The van der Waals surface area contributed by atoms with Gasteiger partial charge in [-0.05, 0) is 81.7 Å². The number of rotatable bonds is 10. The normalized spacial score (nSPS) is 14.5. The van der Waals surface area contributed by atoms with Crippen LogP contribution in [0.1, 0.15) is 75.2 Å². The van der Waals surface area contributed by atoms with E-state index in [1.807, 2.05) is 34.6 Å². The van der Waals surface area contributed by atoms with Crippen molar-refractivity contribution < 1.29 is 14.3 Å². The lowest BCUT2D eigenvalue weighted by Crippen LogP contribution is -2.46. The summed E-state index contributed by atoms with van der Waals surface area (Å²) < 4.78 is 11.4. The third kappa shape index (κ3) is 14.9. The molecule has 0 heterocycles. The van der Waals surface area contributed by atoms with Gasteiger partial charge in [0.2, 0.25) is 5.91 Å². The molecule has 144 valence electrons. The Labute approximate surface area is 149 Å². The average Bonchev–Trinajstić information content (AvgIpc) is 2.33. The summed E-state index contributed by atoms with van der Waals surface area (Å²) in [5.74, 6) is -0.0858. The van der Waals surface area contributed by atoms with Crippen LogP contribution in [-0.2, 0) is 14.3 Å². The summed E-state index contributed by atoms with van der Waals surface area (Å²) in [7, 11) is 0. The second kappa shape index (κ2) is 9.73. The van der Waals surface area contributed by atoms with Crippen LogP contribution < -0.4 is 10.6 Å². The molecule has 0 saturated carbocycles. The van der Waals surface area contributed by atoms with Gasteiger partial charge in [-0.1, -0.05) is 0 Å². The molecule has 1 unspecified atom stereocenters. The predicted molar refractivity (Wildman–Crippen MR) is 100 cm³/mol. The number of carbonyl (C=O) groups is 1. The molecule has 2 N–H and O–H groups in total. The van der Waals surface area contributed by atoms with Crippen LogP contribution in [0.15, 0.2) is 0 Å². The van der Waals surface area contributed by atoms with E-state index in [-0.39, 0.29) is 35.3 Å². The van der Waals surface area contributed by atoms with E-state index in [9.17, 15) is 4.79 Å². The van der Waals surface area contributed by atoms with Crippen molar-refractivity contribution in [3.8, 4) is 0 Å². The van der Waals surface area contributed by atoms with Crippen LogP contribution >= 0.6 is 0 Å². The zero-order valence-corrected chi connectivity index (χ0v) is 17.3. The van der Waals surface area contributed by atoms with Gasteiger partial charge in [0, 0.05) is 17.7 Å². The summed E-state index contributed by atoms with van der Waals surface area (Å²) in [6.45, 7) is 20.1. The quantitative estimate of drug-likeness (QED) is 0.638. The van der Waals surface area contributed by atoms with Crippen LogP contribution in [0.2, 0.25) is 0 Å². The molecule has 0 bridgehead atoms. The van der Waals surface area contributed by atoms with Crippen LogP contribution in [0.4, 0.5) is 0 Å². The Morgan fingerprint density at radius 1 is 1.04 bits per heavy atom. The molecule has 0 aromatic rings. The molecule has 0 fully saturated rings. The van der Waals surface area contributed by atoms with E-state index in [2.05, 4.69) is 38.3 Å². The molecule has 0 aromatic heterocycles. The van der Waals surface area contributed by atoms with Crippen molar-refractivity contribution in [3.63, 3.8) is 0 Å². The summed E-state index contributed by atoms with van der Waals surface area (Å²) in [5.41, 5.74) is -0.468. The lowest BCUT2D eigenvalue weighted by atomic mass is 10.0. The van der Waals surface area contributed by atoms with E-state index in [0.717, 1.165) is 19.4 Å². The molecule has 0 saturated heterocycles. The van der Waals surface area contributed by atoms with Gasteiger partial charge in [0.05, 0.1) is 11.7 Å². The SMILES string of the molecule is CC(CCNC(C)(C)C)OCCC(C)(C)NC(=O)COC(C)(C)C. The number of hydrogen-bond donors (Lipinski definition) is 2. The Balaban J connectivity index is 3.96. The summed E-state index contributed by atoms with van der Waals surface area (Å²) in [6.07, 6.45) is 1.95. The maximum Gasteiger partial charge on any atom is 0.246 e. The molecular formula is C19H40N2O3. The lowest BCUT2D eigenvalue weighted by molar-refractivity contribution is -0.132. The minimum absolute atomic E-state index is 0.0858. The first-order valence-corrected chi connectivity index (χ1v) is 9.02. The van der Waals surface area contributed by atoms with Gasteiger partial charge in [-0.25, -0.2) is 0 Å². The van der Waals surface area contributed by atoms with E-state index in [4.69, 9.17) is 9.47 Å². The monoisotopic (exact) mass is 344 g/mol. The number of ether oxygens (including phenoxy) is 2. The molecule has 0 aromatic carbocycles. The van der Waals surface area contributed by atoms with Crippen molar-refractivity contribution in [2.75, 3.05) is 19.8 Å². The van der Waals surface area contributed by atoms with Crippen molar-refractivity contribution in [2.45, 2.75) is 97.9 Å². The fourth-order valence-electron chi connectivity index (χ4n) is 2.01. The van der Waals surface area contributed by atoms with E-state index in [1.165, 1.54) is 0 Å². The first-order chi connectivity index (χ1) is 10.7. The second-order valence-corrected chi connectivity index (χ2v) is 9.23. The summed E-state index contributed by atoms with van der Waals surface area (Å²) in [4.78, 5) is 12.0. The van der Waals surface area contributed by atoms with Gasteiger partial charge in [0.15, 0.2) is 0 Å². The minimum Gasteiger partial charge on any atom is -0.378 e. The van der Waals surface area contributed by atoms with Crippen molar-refractivity contribution in [1.29, 1.82) is 0 Å². The number of carbonyl (C=O) groups excluding carboxylic acids is 1. The highest BCUT2D eigenvalue weighted by atomic mass is 16.5. The molecule has 0 rings (SSSR count). The largest absolute Gasteiger partial charge is 0.378 e. The van der Waals surface area contributed by atoms with E-state index >= 15 is 0 Å². The van der Waals surface area contributed by atoms with Gasteiger partial charge >= 0.3 is 0 Å². The number of nitrogens with one attached hydrogen (secondary N) is 2. The average molecular weight is 345 g/mol. The first kappa shape index (κ1) is 23.4. The van der Waals surface area contributed by atoms with Gasteiger partial charge in [0.1, 0.15) is 6.61 Å². The van der Waals surface area contributed by atoms with Crippen molar-refractivity contribution in [1.82, 2.24) is 10.6 Å². The third-order valence-corrected chi connectivity index (χ3v) is 3.45. The van der Waals surface area contributed by atoms with Crippen LogP contribution in [0.5, 0.6) is 0 Å². The van der Waals surface area contributed by atoms with Gasteiger partial charge in [0.25, 0.3) is 0 Å². The van der Waals surface area contributed by atoms with Crippen LogP contribution in [0.25, 0.3) is 0 Å². The maximum absolute atomic E-state index is 12.0. The molecular weight excluding hydrogens is 304 g/mol. The Morgan fingerprint density at radius 2 is 1.62 bits per heavy atom. The molecule has 5 heteroatoms. The van der Waals surface area contributed by atoms with Crippen molar-refractivity contribution in [3.05, 3.63) is 0 Å². The number of hydrogen-bond acceptors (Lipinski definition) is 4. The molecule has 0 aliphatic carbocycles. The molecule has 5 nitrogen and oxygen atoms in total. The Kier molecular flexibility index (Phi) is 9.47. The van der Waals surface area contributed by atoms with Crippen LogP contribution in [0.3, 0.4) is 0 Å². The molecule has 0 spiro atoms.